The van der Waals surface area contributed by atoms with Gasteiger partial charge in [0, 0.05) is 51.7 Å². The summed E-state index contributed by atoms with van der Waals surface area (Å²) in [5.74, 6) is 0. The minimum atomic E-state index is -0.0923. The summed E-state index contributed by atoms with van der Waals surface area (Å²) in [6, 6.07) is 60.1. The molecule has 2 aliphatic rings. The Balaban J connectivity index is 1.08. The van der Waals surface area contributed by atoms with E-state index in [0.717, 1.165) is 30.0 Å². The number of allylic oxidation sites excluding steroid dienone is 1. The summed E-state index contributed by atoms with van der Waals surface area (Å²) in [7, 11) is 0. The number of aromatic nitrogens is 1. The van der Waals surface area contributed by atoms with Gasteiger partial charge in [-0.25, -0.2) is 0 Å². The number of rotatable bonds is 6. The Morgan fingerprint density at radius 3 is 2.09 bits per heavy atom. The van der Waals surface area contributed by atoms with Gasteiger partial charge in [-0.3, -0.25) is 4.99 Å². The third-order valence-electron chi connectivity index (χ3n) is 11.3. The van der Waals surface area contributed by atoms with Crippen molar-refractivity contribution in [3.8, 4) is 27.9 Å². The zero-order chi connectivity index (χ0) is 35.5. The molecule has 0 spiro atoms. The Labute approximate surface area is 310 Å². The summed E-state index contributed by atoms with van der Waals surface area (Å²) in [5.41, 5.74) is 17.1. The number of hydrogen-bond donors (Lipinski definition) is 0. The van der Waals surface area contributed by atoms with Gasteiger partial charge in [-0.2, -0.15) is 0 Å². The second-order valence-electron chi connectivity index (χ2n) is 14.7. The minimum Gasteiger partial charge on any atom is -0.310 e. The van der Waals surface area contributed by atoms with E-state index in [9.17, 15) is 0 Å². The molecular weight excluding hydrogens is 643 g/mol. The molecule has 0 atom stereocenters. The lowest BCUT2D eigenvalue weighted by atomic mass is 9.82. The topological polar surface area (TPSA) is 20.5 Å². The number of nitrogens with zero attached hydrogens (tertiary/aromatic N) is 3. The molecule has 0 amide bonds. The van der Waals surface area contributed by atoms with Gasteiger partial charge in [-0.1, -0.05) is 117 Å². The number of fused-ring (bicyclic) bond motifs is 6. The van der Waals surface area contributed by atoms with Crippen LogP contribution >= 0.6 is 0 Å². The van der Waals surface area contributed by atoms with Gasteiger partial charge < -0.3 is 9.47 Å². The summed E-state index contributed by atoms with van der Waals surface area (Å²) in [5, 5.41) is 2.52. The highest BCUT2D eigenvalue weighted by molar-refractivity contribution is 6.11. The molecule has 2 heterocycles. The van der Waals surface area contributed by atoms with Crippen LogP contribution in [-0.4, -0.2) is 17.3 Å². The molecule has 7 aromatic carbocycles. The van der Waals surface area contributed by atoms with E-state index in [1.54, 1.807) is 0 Å². The third-order valence-corrected chi connectivity index (χ3v) is 11.3. The molecule has 1 aliphatic heterocycles. The monoisotopic (exact) mass is 681 g/mol. The van der Waals surface area contributed by atoms with Crippen LogP contribution in [0.3, 0.4) is 0 Å². The van der Waals surface area contributed by atoms with Crippen molar-refractivity contribution in [2.24, 2.45) is 4.99 Å². The van der Waals surface area contributed by atoms with Crippen LogP contribution in [0.4, 0.5) is 17.1 Å². The normalized spacial score (nSPS) is 14.3. The van der Waals surface area contributed by atoms with E-state index in [1.807, 2.05) is 6.21 Å². The number of aliphatic imine (C=N–C) groups is 1. The van der Waals surface area contributed by atoms with Crippen molar-refractivity contribution < 1.29 is 0 Å². The standard InChI is InChI=1S/C50H39N3/c1-50(2)46-19-8-6-17-42(46)43-27-26-41(32-47(43)50)52(40-16-10-12-35(30-40)37-13-11-29-51-33-37)39-24-21-34(22-25-39)36-23-28-49-45(31-36)44-18-7-9-20-48(44)53(49)38-14-4-3-5-15-38/h3-10,12-28,30-33H,11,29H2,1-2H3. The molecule has 254 valence electrons. The lowest BCUT2D eigenvalue weighted by molar-refractivity contribution is 0.660. The number of anilines is 3. The fourth-order valence-electron chi connectivity index (χ4n) is 8.62. The SMILES string of the molecule is CC1(C)c2ccccc2-c2ccc(N(c3ccc(-c4ccc5c(c4)c4ccccc4n5-c4ccccc4)cc3)c3cccc(C4=CCCN=C4)c3)cc21. The largest absolute Gasteiger partial charge is 0.310 e. The van der Waals surface area contributed by atoms with Crippen LogP contribution in [0.15, 0.2) is 175 Å². The van der Waals surface area contributed by atoms with Crippen LogP contribution in [0, 0.1) is 0 Å². The predicted octanol–water partition coefficient (Wildman–Crippen LogP) is 13.1. The second-order valence-corrected chi connectivity index (χ2v) is 14.7. The van der Waals surface area contributed by atoms with E-state index >= 15 is 0 Å². The van der Waals surface area contributed by atoms with Crippen LogP contribution in [0.25, 0.3) is 55.3 Å². The van der Waals surface area contributed by atoms with Crippen molar-refractivity contribution in [2.75, 3.05) is 11.4 Å². The number of benzene rings is 7. The lowest BCUT2D eigenvalue weighted by Gasteiger charge is -2.28. The first-order valence-electron chi connectivity index (χ1n) is 18.6. The summed E-state index contributed by atoms with van der Waals surface area (Å²) >= 11 is 0. The predicted molar refractivity (Wildman–Crippen MR) is 224 cm³/mol. The van der Waals surface area contributed by atoms with Crippen LogP contribution in [-0.2, 0) is 5.41 Å². The first-order chi connectivity index (χ1) is 26.0. The molecule has 0 N–H and O–H groups in total. The molecule has 53 heavy (non-hydrogen) atoms. The van der Waals surface area contributed by atoms with Crippen molar-refractivity contribution in [1.82, 2.24) is 4.57 Å². The third kappa shape index (κ3) is 5.15. The molecule has 10 rings (SSSR count). The van der Waals surface area contributed by atoms with Crippen molar-refractivity contribution >= 4 is 50.7 Å². The van der Waals surface area contributed by atoms with Gasteiger partial charge in [0.05, 0.1) is 11.0 Å². The molecule has 1 aromatic heterocycles. The second kappa shape index (κ2) is 12.4. The average Bonchev–Trinajstić information content (AvgIpc) is 3.67. The van der Waals surface area contributed by atoms with Crippen molar-refractivity contribution in [3.05, 3.63) is 187 Å². The van der Waals surface area contributed by atoms with Gasteiger partial charge in [-0.15, -0.1) is 0 Å². The number of para-hydroxylation sites is 2. The van der Waals surface area contributed by atoms with E-state index < -0.39 is 0 Å². The Kier molecular flexibility index (Phi) is 7.29. The highest BCUT2D eigenvalue weighted by atomic mass is 15.1. The van der Waals surface area contributed by atoms with Gasteiger partial charge in [0.1, 0.15) is 0 Å². The molecule has 3 heteroatoms. The first-order valence-corrected chi connectivity index (χ1v) is 18.6. The number of dihydropyridines is 1. The highest BCUT2D eigenvalue weighted by Crippen LogP contribution is 2.50. The van der Waals surface area contributed by atoms with Crippen LogP contribution in [0.5, 0.6) is 0 Å². The first kappa shape index (κ1) is 31.3. The van der Waals surface area contributed by atoms with E-state index in [-0.39, 0.29) is 5.41 Å². The van der Waals surface area contributed by atoms with E-state index in [4.69, 9.17) is 0 Å². The van der Waals surface area contributed by atoms with Gasteiger partial charge in [0.2, 0.25) is 0 Å². The maximum absolute atomic E-state index is 4.58. The summed E-state index contributed by atoms with van der Waals surface area (Å²) in [6.07, 6.45) is 5.29. The molecule has 0 bridgehead atoms. The summed E-state index contributed by atoms with van der Waals surface area (Å²) in [4.78, 5) is 6.99. The number of hydrogen-bond acceptors (Lipinski definition) is 2. The molecule has 8 aromatic rings. The Morgan fingerprint density at radius 1 is 0.528 bits per heavy atom. The molecule has 3 nitrogen and oxygen atoms in total. The van der Waals surface area contributed by atoms with Gasteiger partial charge in [-0.05, 0) is 118 Å². The Morgan fingerprint density at radius 2 is 1.25 bits per heavy atom. The molecule has 0 saturated carbocycles. The maximum Gasteiger partial charge on any atom is 0.0541 e. The molecule has 0 saturated heterocycles. The Hall–Kier alpha value is -6.45. The molecule has 0 fully saturated rings. The average molecular weight is 682 g/mol. The highest BCUT2D eigenvalue weighted by Gasteiger charge is 2.35. The molecule has 0 unspecified atom stereocenters. The zero-order valence-electron chi connectivity index (χ0n) is 30.0. The van der Waals surface area contributed by atoms with E-state index in [2.05, 4.69) is 198 Å². The summed E-state index contributed by atoms with van der Waals surface area (Å²) in [6.45, 7) is 5.56. The maximum atomic E-state index is 4.58. The molecule has 1 aliphatic carbocycles. The van der Waals surface area contributed by atoms with Gasteiger partial charge in [0.25, 0.3) is 0 Å². The van der Waals surface area contributed by atoms with Gasteiger partial charge in [0.15, 0.2) is 0 Å². The summed E-state index contributed by atoms with van der Waals surface area (Å²) < 4.78 is 2.37. The molecule has 0 radical (unpaired) electrons. The van der Waals surface area contributed by atoms with E-state index in [0.29, 0.717) is 0 Å². The van der Waals surface area contributed by atoms with Gasteiger partial charge >= 0.3 is 0 Å². The van der Waals surface area contributed by atoms with E-state index in [1.165, 1.54) is 72.0 Å². The lowest BCUT2D eigenvalue weighted by Crippen LogP contribution is -2.16. The van der Waals surface area contributed by atoms with Crippen LogP contribution in [0.2, 0.25) is 0 Å². The minimum absolute atomic E-state index is 0.0923. The quantitative estimate of drug-likeness (QED) is 0.171. The Bertz CT molecular complexity index is 2750. The van der Waals surface area contributed by atoms with Crippen molar-refractivity contribution in [1.29, 1.82) is 0 Å². The van der Waals surface area contributed by atoms with Crippen molar-refractivity contribution in [2.45, 2.75) is 25.7 Å². The van der Waals surface area contributed by atoms with Crippen LogP contribution in [0.1, 0.15) is 37.0 Å². The fraction of sp³-hybridized carbons (Fsp3) is 0.100. The van der Waals surface area contributed by atoms with Crippen molar-refractivity contribution in [3.63, 3.8) is 0 Å². The fourth-order valence-corrected chi connectivity index (χ4v) is 8.62. The van der Waals surface area contributed by atoms with Crippen LogP contribution < -0.4 is 4.90 Å². The molecular formula is C50H39N3. The smallest absolute Gasteiger partial charge is 0.0541 e. The zero-order valence-corrected chi connectivity index (χ0v) is 30.0.